The molecule has 186 valence electrons. The Bertz CT molecular complexity index is 1770. The zero-order valence-electron chi connectivity index (χ0n) is 21.4. The molecule has 0 radical (unpaired) electrons. The topological polar surface area (TPSA) is 18.5 Å². The smallest absolute Gasteiger partial charge is 0.134 e. The van der Waals surface area contributed by atoms with Crippen LogP contribution >= 0.6 is 0 Å². The molecule has 39 heavy (non-hydrogen) atoms. The average molecular weight is 503 g/mol. The van der Waals surface area contributed by atoms with Crippen molar-refractivity contribution in [2.24, 2.45) is 0 Å². The lowest BCUT2D eigenvalue weighted by atomic mass is 9.65. The van der Waals surface area contributed by atoms with E-state index >= 15 is 0 Å². The molecule has 0 heterocycles. The van der Waals surface area contributed by atoms with Crippen LogP contribution in [-0.4, -0.2) is 0 Å². The van der Waals surface area contributed by atoms with E-state index in [1.54, 1.807) is 0 Å². The van der Waals surface area contributed by atoms with Gasteiger partial charge in [0.05, 0.1) is 17.9 Å². The second-order valence-corrected chi connectivity index (χ2v) is 9.72. The zero-order chi connectivity index (χ0) is 26.4. The summed E-state index contributed by atoms with van der Waals surface area (Å²) in [6.07, 6.45) is 2.98. The van der Waals surface area contributed by atoms with Gasteiger partial charge in [-0.05, 0) is 56.3 Å². The van der Waals surface area contributed by atoms with Gasteiger partial charge in [0.2, 0.25) is 0 Å². The van der Waals surface area contributed by atoms with Crippen molar-refractivity contribution in [3.05, 3.63) is 169 Å². The molecule has 1 aliphatic rings. The minimum atomic E-state index is -0.578. The fourth-order valence-corrected chi connectivity index (χ4v) is 6.56. The standard InChI is InChI=1S/C37H26O2/c1-3-38-35-23-11-15-27-29(35)17-9-21-33(27)37(31-19-7-5-13-25(31)26-14-6-8-20-32(26)37)34-22-10-18-30-28(34)16-12-24-36(30)39-4-2/h3-24H,1-2H2. The molecule has 1 aliphatic carbocycles. The van der Waals surface area contributed by atoms with E-state index in [4.69, 9.17) is 9.47 Å². The normalized spacial score (nSPS) is 13.0. The van der Waals surface area contributed by atoms with Gasteiger partial charge in [-0.1, -0.05) is 122 Å². The highest BCUT2D eigenvalue weighted by molar-refractivity contribution is 6.01. The maximum absolute atomic E-state index is 5.87. The quantitative estimate of drug-likeness (QED) is 0.211. The largest absolute Gasteiger partial charge is 0.465 e. The lowest BCUT2D eigenvalue weighted by molar-refractivity contribution is 0.489. The first-order valence-electron chi connectivity index (χ1n) is 13.1. The van der Waals surface area contributed by atoms with Crippen LogP contribution in [0.1, 0.15) is 22.3 Å². The molecule has 2 nitrogen and oxygen atoms in total. The Morgan fingerprint density at radius 3 is 1.26 bits per heavy atom. The Morgan fingerprint density at radius 2 is 0.795 bits per heavy atom. The van der Waals surface area contributed by atoms with Gasteiger partial charge in [0, 0.05) is 10.8 Å². The van der Waals surface area contributed by atoms with Crippen molar-refractivity contribution in [1.82, 2.24) is 0 Å². The fourth-order valence-electron chi connectivity index (χ4n) is 6.56. The SMILES string of the molecule is C=COc1cccc2c(C3(c4cccc5c(OC=C)cccc45)c4ccccc4-c4ccccc43)cccc12. The van der Waals surface area contributed by atoms with E-state index < -0.39 is 5.41 Å². The lowest BCUT2D eigenvalue weighted by Gasteiger charge is -2.36. The summed E-state index contributed by atoms with van der Waals surface area (Å²) in [6.45, 7) is 7.60. The van der Waals surface area contributed by atoms with Crippen LogP contribution in [0.3, 0.4) is 0 Å². The summed E-state index contributed by atoms with van der Waals surface area (Å²) in [4.78, 5) is 0. The minimum Gasteiger partial charge on any atom is -0.465 e. The highest BCUT2D eigenvalue weighted by Gasteiger charge is 2.47. The molecule has 0 atom stereocenters. The summed E-state index contributed by atoms with van der Waals surface area (Å²) < 4.78 is 11.7. The Labute approximate surface area is 228 Å². The molecule has 0 unspecified atom stereocenters. The highest BCUT2D eigenvalue weighted by atomic mass is 16.5. The van der Waals surface area contributed by atoms with Crippen LogP contribution in [0.2, 0.25) is 0 Å². The van der Waals surface area contributed by atoms with E-state index in [1.807, 2.05) is 12.1 Å². The van der Waals surface area contributed by atoms with Gasteiger partial charge in [0.1, 0.15) is 11.5 Å². The maximum atomic E-state index is 5.87. The van der Waals surface area contributed by atoms with Gasteiger partial charge in [-0.15, -0.1) is 0 Å². The van der Waals surface area contributed by atoms with E-state index in [0.717, 1.165) is 33.0 Å². The summed E-state index contributed by atoms with van der Waals surface area (Å²) in [5.41, 5.74) is 6.85. The van der Waals surface area contributed by atoms with E-state index in [2.05, 4.69) is 122 Å². The molecule has 0 aliphatic heterocycles. The first-order chi connectivity index (χ1) is 19.3. The molecule has 0 spiro atoms. The Balaban J connectivity index is 1.70. The van der Waals surface area contributed by atoms with Crippen molar-refractivity contribution in [2.45, 2.75) is 5.41 Å². The van der Waals surface area contributed by atoms with E-state index in [-0.39, 0.29) is 0 Å². The van der Waals surface area contributed by atoms with Crippen LogP contribution < -0.4 is 9.47 Å². The van der Waals surface area contributed by atoms with Crippen molar-refractivity contribution in [2.75, 3.05) is 0 Å². The van der Waals surface area contributed by atoms with Crippen molar-refractivity contribution < 1.29 is 9.47 Å². The molecular formula is C37H26O2. The third-order valence-electron chi connectivity index (χ3n) is 7.95. The van der Waals surface area contributed by atoms with Crippen LogP contribution in [0.4, 0.5) is 0 Å². The first kappa shape index (κ1) is 23.1. The van der Waals surface area contributed by atoms with Crippen LogP contribution in [0.25, 0.3) is 32.7 Å². The lowest BCUT2D eigenvalue weighted by Crippen LogP contribution is -2.29. The van der Waals surface area contributed by atoms with Crippen LogP contribution in [0, 0.1) is 0 Å². The molecule has 0 aromatic heterocycles. The summed E-state index contributed by atoms with van der Waals surface area (Å²) in [5.74, 6) is 1.58. The molecular weight excluding hydrogens is 476 g/mol. The molecule has 0 saturated carbocycles. The second kappa shape index (κ2) is 9.04. The molecule has 6 aromatic rings. The monoisotopic (exact) mass is 502 g/mol. The number of hydrogen-bond donors (Lipinski definition) is 0. The van der Waals surface area contributed by atoms with Gasteiger partial charge in [0.15, 0.2) is 0 Å². The molecule has 0 amide bonds. The van der Waals surface area contributed by atoms with E-state index in [1.165, 1.54) is 45.9 Å². The van der Waals surface area contributed by atoms with Crippen molar-refractivity contribution in [3.8, 4) is 22.6 Å². The first-order valence-corrected chi connectivity index (χ1v) is 13.1. The van der Waals surface area contributed by atoms with E-state index in [9.17, 15) is 0 Å². The third kappa shape index (κ3) is 3.22. The van der Waals surface area contributed by atoms with Crippen LogP contribution in [-0.2, 0) is 5.41 Å². The van der Waals surface area contributed by atoms with E-state index in [0.29, 0.717) is 0 Å². The number of hydrogen-bond acceptors (Lipinski definition) is 2. The second-order valence-electron chi connectivity index (χ2n) is 9.72. The Morgan fingerprint density at radius 1 is 0.410 bits per heavy atom. The minimum absolute atomic E-state index is 0.578. The predicted molar refractivity (Wildman–Crippen MR) is 160 cm³/mol. The summed E-state index contributed by atoms with van der Waals surface area (Å²) in [5, 5.41) is 4.37. The van der Waals surface area contributed by atoms with Gasteiger partial charge in [0.25, 0.3) is 0 Å². The Hall–Kier alpha value is -5.08. The molecule has 0 saturated heterocycles. The summed E-state index contributed by atoms with van der Waals surface area (Å²) >= 11 is 0. The summed E-state index contributed by atoms with van der Waals surface area (Å²) in [7, 11) is 0. The van der Waals surface area contributed by atoms with Crippen LogP contribution in [0.15, 0.2) is 147 Å². The maximum Gasteiger partial charge on any atom is 0.134 e. The fraction of sp³-hybridized carbons (Fsp3) is 0.0270. The van der Waals surface area contributed by atoms with Crippen LogP contribution in [0.5, 0.6) is 11.5 Å². The van der Waals surface area contributed by atoms with Crippen molar-refractivity contribution >= 4 is 21.5 Å². The number of fused-ring (bicyclic) bond motifs is 5. The molecule has 0 bridgehead atoms. The molecule has 0 N–H and O–H groups in total. The highest BCUT2D eigenvalue weighted by Crippen LogP contribution is 2.58. The zero-order valence-corrected chi connectivity index (χ0v) is 21.4. The average Bonchev–Trinajstić information content (AvgIpc) is 3.28. The van der Waals surface area contributed by atoms with Gasteiger partial charge in [-0.3, -0.25) is 0 Å². The third-order valence-corrected chi connectivity index (χ3v) is 7.95. The summed E-state index contributed by atoms with van der Waals surface area (Å²) in [6, 6.07) is 43.1. The molecule has 6 aromatic carbocycles. The van der Waals surface area contributed by atoms with Gasteiger partial charge < -0.3 is 9.47 Å². The number of benzene rings is 6. The molecule has 7 rings (SSSR count). The van der Waals surface area contributed by atoms with Crippen molar-refractivity contribution in [1.29, 1.82) is 0 Å². The predicted octanol–water partition coefficient (Wildman–Crippen LogP) is 9.40. The molecule has 0 fully saturated rings. The number of ether oxygens (including phenoxy) is 2. The van der Waals surface area contributed by atoms with Gasteiger partial charge >= 0.3 is 0 Å². The van der Waals surface area contributed by atoms with Gasteiger partial charge in [-0.2, -0.15) is 0 Å². The Kier molecular flexibility index (Phi) is 5.35. The molecule has 2 heteroatoms. The van der Waals surface area contributed by atoms with Crippen molar-refractivity contribution in [3.63, 3.8) is 0 Å². The van der Waals surface area contributed by atoms with Gasteiger partial charge in [-0.25, -0.2) is 0 Å². The number of rotatable bonds is 6.